The van der Waals surface area contributed by atoms with E-state index in [0.29, 0.717) is 144 Å². The van der Waals surface area contributed by atoms with E-state index < -0.39 is 20.0 Å². The highest BCUT2D eigenvalue weighted by Crippen LogP contribution is 2.40. The number of hydrogen-bond acceptors (Lipinski definition) is 17. The SMILES string of the molecule is CN1Cc2c(Cl)cc(Cl)cc2[C@H](c2cccc(S(=O)(=O)NCCOCCOCCNC(=O)NCCCN(CCCNC(=O)NCCOCCOCCN)CCCNC(=O)NCCOCCOCCNS(=O)(=O)c3cccc([C@@H]4CN(C)Cc5c(Cl)cc(Cl)cc54)c3)c2)C1. The first kappa shape index (κ1) is 77.3. The molecule has 2 heterocycles. The number of benzene rings is 4. The molecule has 0 bridgehead atoms. The molecule has 4 aromatic rings. The highest BCUT2D eigenvalue weighted by atomic mass is 35.5. The molecule has 25 nitrogen and oxygen atoms in total. The molecule has 0 radical (unpaired) electrons. The molecule has 93 heavy (non-hydrogen) atoms. The van der Waals surface area contributed by atoms with Gasteiger partial charge < -0.3 is 80.8 Å². The molecule has 4 aromatic carbocycles. The van der Waals surface area contributed by atoms with Crippen LogP contribution in [-0.2, 0) is 61.6 Å². The van der Waals surface area contributed by atoms with Gasteiger partial charge in [0.25, 0.3) is 0 Å². The summed E-state index contributed by atoms with van der Waals surface area (Å²) >= 11 is 25.8. The van der Waals surface area contributed by atoms with Gasteiger partial charge in [0.1, 0.15) is 0 Å². The van der Waals surface area contributed by atoms with E-state index in [1.165, 1.54) is 0 Å². The number of carbonyl (C=O) groups is 3. The van der Waals surface area contributed by atoms with E-state index in [1.807, 2.05) is 38.4 Å². The molecular weight excluding hydrogens is 1330 g/mol. The first-order valence-electron chi connectivity index (χ1n) is 31.3. The summed E-state index contributed by atoms with van der Waals surface area (Å²) in [5.74, 6) is -0.221. The van der Waals surface area contributed by atoms with Crippen LogP contribution in [0.5, 0.6) is 0 Å². The highest BCUT2D eigenvalue weighted by Gasteiger charge is 2.30. The molecule has 0 unspecified atom stereocenters. The third-order valence-corrected chi connectivity index (χ3v) is 19.0. The topological polar surface area (TPSA) is 307 Å². The van der Waals surface area contributed by atoms with Gasteiger partial charge >= 0.3 is 18.1 Å². The van der Waals surface area contributed by atoms with Gasteiger partial charge in [-0.25, -0.2) is 40.7 Å². The van der Waals surface area contributed by atoms with Gasteiger partial charge in [-0.15, -0.1) is 0 Å². The van der Waals surface area contributed by atoms with Gasteiger partial charge in [-0.3, -0.25) is 0 Å². The molecule has 31 heteroatoms. The van der Waals surface area contributed by atoms with E-state index in [1.54, 1.807) is 48.5 Å². The lowest BCUT2D eigenvalue weighted by molar-refractivity contribution is 0.0516. The van der Waals surface area contributed by atoms with Gasteiger partial charge in [-0.1, -0.05) is 70.7 Å². The molecule has 0 aromatic heterocycles. The molecule has 6 amide bonds. The lowest BCUT2D eigenvalue weighted by Crippen LogP contribution is -2.41. The van der Waals surface area contributed by atoms with Crippen LogP contribution in [0.3, 0.4) is 0 Å². The van der Waals surface area contributed by atoms with Crippen molar-refractivity contribution in [3.63, 3.8) is 0 Å². The largest absolute Gasteiger partial charge is 0.378 e. The van der Waals surface area contributed by atoms with E-state index in [4.69, 9.17) is 80.6 Å². The molecule has 0 saturated carbocycles. The van der Waals surface area contributed by atoms with Crippen LogP contribution in [-0.4, -0.2) is 235 Å². The van der Waals surface area contributed by atoms with Crippen molar-refractivity contribution < 1.29 is 59.6 Å². The van der Waals surface area contributed by atoms with Gasteiger partial charge in [-0.2, -0.15) is 0 Å². The molecule has 10 N–H and O–H groups in total. The number of sulfonamides is 2. The van der Waals surface area contributed by atoms with E-state index in [2.05, 4.69) is 56.0 Å². The van der Waals surface area contributed by atoms with Gasteiger partial charge in [-0.05, 0) is 135 Å². The molecular formula is C62H92Cl4N12O13S2. The summed E-state index contributed by atoms with van der Waals surface area (Å²) in [6, 6.07) is 20.1. The van der Waals surface area contributed by atoms with Crippen molar-refractivity contribution >= 4 is 84.5 Å². The number of urea groups is 3. The number of fused-ring (bicyclic) bond motifs is 2. The molecule has 518 valence electrons. The molecule has 2 aliphatic heterocycles. The van der Waals surface area contributed by atoms with Gasteiger partial charge in [0.05, 0.1) is 89.1 Å². The number of rotatable bonds is 44. The summed E-state index contributed by atoms with van der Waals surface area (Å²) < 4.78 is 91.4. The minimum atomic E-state index is -3.82. The third kappa shape index (κ3) is 28.1. The number of halogens is 4. The molecule has 0 fully saturated rings. The number of amides is 6. The number of likely N-dealkylation sites (N-methyl/N-ethyl adjacent to an activating group) is 2. The van der Waals surface area contributed by atoms with Crippen molar-refractivity contribution in [1.29, 1.82) is 0 Å². The van der Waals surface area contributed by atoms with Crippen LogP contribution >= 0.6 is 46.4 Å². The van der Waals surface area contributed by atoms with Crippen molar-refractivity contribution in [1.82, 2.24) is 56.0 Å². The van der Waals surface area contributed by atoms with Crippen LogP contribution in [0, 0.1) is 0 Å². The second kappa shape index (κ2) is 42.1. The fraction of sp³-hybridized carbons (Fsp3) is 0.565. The number of hydrogen-bond donors (Lipinski definition) is 9. The van der Waals surface area contributed by atoms with Crippen molar-refractivity contribution in [2.45, 2.75) is 54.0 Å². The number of nitrogens with zero attached hydrogens (tertiary/aromatic N) is 3. The Kier molecular flexibility index (Phi) is 34.9. The maximum Gasteiger partial charge on any atom is 0.314 e. The zero-order valence-electron chi connectivity index (χ0n) is 53.1. The maximum absolute atomic E-state index is 13.3. The van der Waals surface area contributed by atoms with Crippen LogP contribution in [0.15, 0.2) is 82.6 Å². The first-order chi connectivity index (χ1) is 44.8. The summed E-state index contributed by atoms with van der Waals surface area (Å²) in [5, 5.41) is 19.2. The van der Waals surface area contributed by atoms with E-state index >= 15 is 0 Å². The minimum absolute atomic E-state index is 0.0617. The Morgan fingerprint density at radius 2 is 0.806 bits per heavy atom. The summed E-state index contributed by atoms with van der Waals surface area (Å²) in [6.07, 6.45) is 1.95. The smallest absolute Gasteiger partial charge is 0.314 e. The second-order valence-electron chi connectivity index (χ2n) is 22.3. The van der Waals surface area contributed by atoms with Crippen molar-refractivity contribution in [3.8, 4) is 0 Å². The van der Waals surface area contributed by atoms with Gasteiger partial charge in [0.2, 0.25) is 20.0 Å². The Balaban J connectivity index is 0.792. The average Bonchev–Trinajstić information content (AvgIpc) is 0.792. The van der Waals surface area contributed by atoms with E-state index in [9.17, 15) is 31.2 Å². The Bertz CT molecular complexity index is 3000. The van der Waals surface area contributed by atoms with Crippen molar-refractivity contribution in [2.24, 2.45) is 5.73 Å². The highest BCUT2D eigenvalue weighted by molar-refractivity contribution is 7.89. The van der Waals surface area contributed by atoms with Crippen molar-refractivity contribution in [2.75, 3.05) is 185 Å². The summed E-state index contributed by atoms with van der Waals surface area (Å²) in [7, 11) is -3.65. The second-order valence-corrected chi connectivity index (χ2v) is 27.5. The van der Waals surface area contributed by atoms with Gasteiger partial charge in [0.15, 0.2) is 0 Å². The molecule has 2 aliphatic rings. The molecule has 6 rings (SSSR count). The summed E-state index contributed by atoms with van der Waals surface area (Å²) in [4.78, 5) is 44.3. The predicted molar refractivity (Wildman–Crippen MR) is 361 cm³/mol. The Hall–Kier alpha value is -4.73. The third-order valence-electron chi connectivity index (χ3n) is 15.0. The van der Waals surface area contributed by atoms with E-state index in [-0.39, 0.29) is 119 Å². The lowest BCUT2D eigenvalue weighted by atomic mass is 9.85. The molecule has 0 saturated heterocycles. The minimum Gasteiger partial charge on any atom is -0.378 e. The number of nitrogens with two attached hydrogens (primary N) is 1. The Morgan fingerprint density at radius 1 is 0.473 bits per heavy atom. The lowest BCUT2D eigenvalue weighted by Gasteiger charge is -2.33. The molecule has 2 atom stereocenters. The Morgan fingerprint density at radius 3 is 1.16 bits per heavy atom. The quantitative estimate of drug-likeness (QED) is 0.0259. The standard InChI is InChI=1S/C62H92Cl4N12O13S2/c1-76-42-54(52-38-48(63)40-58(65)56(52)44-76)46-8-3-10-50(36-46)92(82,83)74-19-28-90-34-32-88-26-17-72-61(80)69-14-6-22-78(21-5-13-68-60(79)71-16-25-87-31-30-86-24-12-67)23-7-15-70-62(81)73-18-27-89-33-35-91-29-20-75-93(84,85)51-11-4-9-47(37-51)55-43-77(2)45-57-53(55)39-49(64)41-59(57)66/h3-4,8-11,36-41,54-55,74-75H,5-7,12-35,42-45,67H2,1-2H3,(H2,68,71,79)(H2,69,72,80)(H2,70,73,81)/t54-,55-/m0/s1. The van der Waals surface area contributed by atoms with Crippen LogP contribution in [0.2, 0.25) is 20.1 Å². The predicted octanol–water partition coefficient (Wildman–Crippen LogP) is 5.14. The van der Waals surface area contributed by atoms with Crippen LogP contribution in [0.25, 0.3) is 0 Å². The Labute approximate surface area is 567 Å². The number of ether oxygens (including phenoxy) is 6. The summed E-state index contributed by atoms with van der Waals surface area (Å²) in [6.45, 7) is 10.7. The number of carbonyl (C=O) groups excluding carboxylic acids is 3. The summed E-state index contributed by atoms with van der Waals surface area (Å²) in [5.41, 5.74) is 11.0. The normalized spacial score (nSPS) is 15.2. The van der Waals surface area contributed by atoms with Gasteiger partial charge in [0, 0.05) is 117 Å². The molecule has 0 aliphatic carbocycles. The monoisotopic (exact) mass is 1420 g/mol. The fourth-order valence-corrected chi connectivity index (χ4v) is 13.8. The van der Waals surface area contributed by atoms with Crippen LogP contribution < -0.4 is 47.1 Å². The first-order valence-corrected chi connectivity index (χ1v) is 35.8. The zero-order chi connectivity index (χ0) is 66.9. The number of nitrogens with one attached hydrogen (secondary N) is 8. The maximum atomic E-state index is 13.3. The molecule has 0 spiro atoms. The van der Waals surface area contributed by atoms with Crippen molar-refractivity contribution in [3.05, 3.63) is 126 Å². The zero-order valence-corrected chi connectivity index (χ0v) is 57.7. The van der Waals surface area contributed by atoms with Crippen LogP contribution in [0.4, 0.5) is 14.4 Å². The average molecular weight is 1420 g/mol. The van der Waals surface area contributed by atoms with Crippen LogP contribution in [0.1, 0.15) is 64.5 Å². The fourth-order valence-electron chi connectivity index (χ4n) is 10.5. The van der Waals surface area contributed by atoms with E-state index in [0.717, 1.165) is 33.4 Å².